The van der Waals surface area contributed by atoms with Gasteiger partial charge in [-0.25, -0.2) is 4.39 Å². The van der Waals surface area contributed by atoms with E-state index in [1.54, 1.807) is 28.8 Å². The second-order valence-corrected chi connectivity index (χ2v) is 9.37. The number of carbonyl (C=O) groups excluding carboxylic acids is 1. The van der Waals surface area contributed by atoms with Crippen molar-refractivity contribution < 1.29 is 14.3 Å². The van der Waals surface area contributed by atoms with Crippen LogP contribution in [0.3, 0.4) is 0 Å². The summed E-state index contributed by atoms with van der Waals surface area (Å²) in [6.45, 7) is 0. The number of halogens is 3. The Morgan fingerprint density at radius 2 is 1.75 bits per heavy atom. The van der Waals surface area contributed by atoms with E-state index in [1.165, 1.54) is 12.1 Å². The van der Waals surface area contributed by atoms with Crippen LogP contribution in [0.25, 0.3) is 17.1 Å². The van der Waals surface area contributed by atoms with Crippen LogP contribution in [0.1, 0.15) is 0 Å². The minimum Gasteiger partial charge on any atom is -0.507 e. The molecule has 0 bridgehead atoms. The fourth-order valence-corrected chi connectivity index (χ4v) is 4.39. The van der Waals surface area contributed by atoms with Crippen molar-refractivity contribution in [3.8, 4) is 22.8 Å². The highest BCUT2D eigenvalue weighted by Gasteiger charge is 2.20. The summed E-state index contributed by atoms with van der Waals surface area (Å²) in [6, 6.07) is 18.8. The third-order valence-electron chi connectivity index (χ3n) is 4.38. The van der Waals surface area contributed by atoms with E-state index in [0.29, 0.717) is 21.0 Å². The number of carbonyl (C=O) groups is 1. The SMILES string of the molecule is O=C(CSc1nnc(-c2cc(Br)ccc2O)n1-c1ccccc1)Nc1ccc(Br)cc1F. The predicted octanol–water partition coefficient (Wildman–Crippen LogP) is 6.03. The largest absolute Gasteiger partial charge is 0.507 e. The molecule has 0 aliphatic rings. The Bertz CT molecular complexity index is 1280. The van der Waals surface area contributed by atoms with Gasteiger partial charge in [-0.15, -0.1) is 10.2 Å². The van der Waals surface area contributed by atoms with E-state index in [4.69, 9.17) is 0 Å². The molecule has 0 unspecified atom stereocenters. The van der Waals surface area contributed by atoms with Gasteiger partial charge >= 0.3 is 0 Å². The average Bonchev–Trinajstić information content (AvgIpc) is 3.20. The zero-order chi connectivity index (χ0) is 22.7. The van der Waals surface area contributed by atoms with Gasteiger partial charge in [0.05, 0.1) is 17.0 Å². The second-order valence-electron chi connectivity index (χ2n) is 6.60. The zero-order valence-electron chi connectivity index (χ0n) is 16.3. The molecule has 6 nitrogen and oxygen atoms in total. The van der Waals surface area contributed by atoms with Crippen molar-refractivity contribution in [3.63, 3.8) is 0 Å². The molecule has 0 fully saturated rings. The smallest absolute Gasteiger partial charge is 0.234 e. The monoisotopic (exact) mass is 576 g/mol. The highest BCUT2D eigenvalue weighted by Crippen LogP contribution is 2.34. The Morgan fingerprint density at radius 3 is 2.50 bits per heavy atom. The minimum absolute atomic E-state index is 0.00899. The Labute approximate surface area is 204 Å². The molecular weight excluding hydrogens is 563 g/mol. The molecule has 0 saturated heterocycles. The van der Waals surface area contributed by atoms with Gasteiger partial charge in [0, 0.05) is 14.6 Å². The average molecular weight is 578 g/mol. The molecule has 10 heteroatoms. The molecule has 0 radical (unpaired) electrons. The first-order chi connectivity index (χ1) is 15.4. The standard InChI is InChI=1S/C22H15Br2FN4O2S/c23-13-7-9-19(30)16(10-13)21-27-28-22(29(21)15-4-2-1-3-5-15)32-12-20(31)26-18-8-6-14(24)11-17(18)25/h1-11,30H,12H2,(H,26,31). The van der Waals surface area contributed by atoms with E-state index in [2.05, 4.69) is 47.4 Å². The van der Waals surface area contributed by atoms with E-state index < -0.39 is 5.82 Å². The van der Waals surface area contributed by atoms with Gasteiger partial charge in [0.15, 0.2) is 11.0 Å². The highest BCUT2D eigenvalue weighted by atomic mass is 79.9. The number of rotatable bonds is 6. The molecule has 0 atom stereocenters. The molecule has 0 saturated carbocycles. The normalized spacial score (nSPS) is 10.8. The molecule has 4 rings (SSSR count). The van der Waals surface area contributed by atoms with Crippen LogP contribution >= 0.6 is 43.6 Å². The molecule has 0 aliphatic heterocycles. The van der Waals surface area contributed by atoms with Crippen molar-refractivity contribution >= 4 is 55.2 Å². The quantitative estimate of drug-likeness (QED) is 0.273. The van der Waals surface area contributed by atoms with E-state index in [0.717, 1.165) is 21.9 Å². The second kappa shape index (κ2) is 9.85. The maximum atomic E-state index is 14.0. The number of phenols is 1. The van der Waals surface area contributed by atoms with E-state index in [1.807, 2.05) is 30.3 Å². The fraction of sp³-hybridized carbons (Fsp3) is 0.0455. The number of amides is 1. The van der Waals surface area contributed by atoms with Crippen molar-refractivity contribution in [2.75, 3.05) is 11.1 Å². The summed E-state index contributed by atoms with van der Waals surface area (Å²) in [7, 11) is 0. The first-order valence-electron chi connectivity index (χ1n) is 9.30. The summed E-state index contributed by atoms with van der Waals surface area (Å²) in [5, 5.41) is 21.9. The van der Waals surface area contributed by atoms with Crippen molar-refractivity contribution in [1.29, 1.82) is 0 Å². The molecule has 4 aromatic rings. The molecule has 1 amide bonds. The Morgan fingerprint density at radius 1 is 1.03 bits per heavy atom. The minimum atomic E-state index is -0.530. The molecule has 1 aromatic heterocycles. The van der Waals surface area contributed by atoms with Crippen LogP contribution in [0, 0.1) is 5.82 Å². The van der Waals surface area contributed by atoms with E-state index in [-0.39, 0.29) is 23.1 Å². The number of anilines is 1. The molecule has 0 spiro atoms. The number of nitrogens with one attached hydrogen (secondary N) is 1. The lowest BCUT2D eigenvalue weighted by Crippen LogP contribution is -2.15. The Balaban J connectivity index is 1.62. The van der Waals surface area contributed by atoms with Crippen molar-refractivity contribution in [1.82, 2.24) is 14.8 Å². The van der Waals surface area contributed by atoms with Crippen molar-refractivity contribution in [3.05, 3.63) is 81.5 Å². The number of benzene rings is 3. The van der Waals surface area contributed by atoms with Gasteiger partial charge in [0.2, 0.25) is 5.91 Å². The lowest BCUT2D eigenvalue weighted by molar-refractivity contribution is -0.113. The third-order valence-corrected chi connectivity index (χ3v) is 6.30. The van der Waals surface area contributed by atoms with Gasteiger partial charge < -0.3 is 10.4 Å². The zero-order valence-corrected chi connectivity index (χ0v) is 20.3. The molecule has 2 N–H and O–H groups in total. The number of aromatic nitrogens is 3. The molecule has 3 aromatic carbocycles. The summed E-state index contributed by atoms with van der Waals surface area (Å²) in [5.74, 6) is -0.441. The summed E-state index contributed by atoms with van der Waals surface area (Å²) in [5.41, 5.74) is 1.36. The molecule has 0 aliphatic carbocycles. The fourth-order valence-electron chi connectivity index (χ4n) is 2.94. The first kappa shape index (κ1) is 22.5. The lowest BCUT2D eigenvalue weighted by atomic mass is 10.2. The van der Waals surface area contributed by atoms with Crippen LogP contribution in [0.15, 0.2) is 80.8 Å². The van der Waals surface area contributed by atoms with Crippen LogP contribution < -0.4 is 5.32 Å². The number of nitrogens with zero attached hydrogens (tertiary/aromatic N) is 3. The van der Waals surface area contributed by atoms with Crippen LogP contribution in [-0.4, -0.2) is 31.5 Å². The number of aromatic hydroxyl groups is 1. The molecule has 1 heterocycles. The first-order valence-corrected chi connectivity index (χ1v) is 11.9. The Kier molecular flexibility index (Phi) is 6.92. The predicted molar refractivity (Wildman–Crippen MR) is 130 cm³/mol. The Hall–Kier alpha value is -2.69. The van der Waals surface area contributed by atoms with Gasteiger partial charge in [-0.05, 0) is 48.5 Å². The van der Waals surface area contributed by atoms with Gasteiger partial charge in [0.25, 0.3) is 0 Å². The summed E-state index contributed by atoms with van der Waals surface area (Å²) in [4.78, 5) is 12.4. The van der Waals surface area contributed by atoms with Crippen molar-refractivity contribution in [2.45, 2.75) is 5.16 Å². The summed E-state index contributed by atoms with van der Waals surface area (Å²) < 4.78 is 17.1. The van der Waals surface area contributed by atoms with E-state index in [9.17, 15) is 14.3 Å². The highest BCUT2D eigenvalue weighted by molar-refractivity contribution is 9.10. The summed E-state index contributed by atoms with van der Waals surface area (Å²) >= 11 is 7.76. The van der Waals surface area contributed by atoms with Crippen LogP contribution in [-0.2, 0) is 4.79 Å². The van der Waals surface area contributed by atoms with Gasteiger partial charge in [-0.1, -0.05) is 61.8 Å². The number of thioether (sulfide) groups is 1. The van der Waals surface area contributed by atoms with E-state index >= 15 is 0 Å². The maximum absolute atomic E-state index is 14.0. The molecule has 162 valence electrons. The topological polar surface area (TPSA) is 80.0 Å². The van der Waals surface area contributed by atoms with Gasteiger partial charge in [-0.2, -0.15) is 0 Å². The van der Waals surface area contributed by atoms with Crippen LogP contribution in [0.5, 0.6) is 5.75 Å². The number of hydrogen-bond donors (Lipinski definition) is 2. The maximum Gasteiger partial charge on any atom is 0.234 e. The van der Waals surface area contributed by atoms with Gasteiger partial charge in [0.1, 0.15) is 11.6 Å². The van der Waals surface area contributed by atoms with Gasteiger partial charge in [-0.3, -0.25) is 9.36 Å². The number of para-hydroxylation sites is 1. The molecular formula is C22H15Br2FN4O2S. The number of hydrogen-bond acceptors (Lipinski definition) is 5. The van der Waals surface area contributed by atoms with Crippen molar-refractivity contribution in [2.24, 2.45) is 0 Å². The van der Waals surface area contributed by atoms with Crippen LogP contribution in [0.4, 0.5) is 10.1 Å². The summed E-state index contributed by atoms with van der Waals surface area (Å²) in [6.07, 6.45) is 0. The number of phenolic OH excluding ortho intramolecular Hbond substituents is 1. The van der Waals surface area contributed by atoms with Crippen LogP contribution in [0.2, 0.25) is 0 Å². The molecule has 32 heavy (non-hydrogen) atoms. The lowest BCUT2D eigenvalue weighted by Gasteiger charge is -2.11. The third kappa shape index (κ3) is 5.03.